The second-order valence-corrected chi connectivity index (χ2v) is 13.9. The van der Waals surface area contributed by atoms with Gasteiger partial charge < -0.3 is 9.64 Å². The molecule has 0 N–H and O–H groups in total. The minimum atomic E-state index is -5.04. The Kier molecular flexibility index (Phi) is 8.90. The van der Waals surface area contributed by atoms with E-state index in [1.807, 2.05) is 0 Å². The van der Waals surface area contributed by atoms with Crippen LogP contribution in [0.3, 0.4) is 0 Å². The summed E-state index contributed by atoms with van der Waals surface area (Å²) >= 11 is 0. The van der Waals surface area contributed by atoms with Gasteiger partial charge in [0.05, 0.1) is 17.5 Å². The number of amides is 3. The van der Waals surface area contributed by atoms with Crippen molar-refractivity contribution in [1.82, 2.24) is 9.21 Å². The molecule has 2 aliphatic heterocycles. The Labute approximate surface area is 263 Å². The van der Waals surface area contributed by atoms with Crippen molar-refractivity contribution in [2.24, 2.45) is 0 Å². The SMILES string of the molecule is CC1(C)C(=O)N(c2ccc(F)c(C(F)(F)F)c2)C(=O)N1Cc1ccc(F)cc1Cc1ccc(OC2CCN(S(C)(=O)=O)CC2)cc1. The first kappa shape index (κ1) is 33.3. The molecule has 0 aliphatic carbocycles. The Balaban J connectivity index is 1.32. The molecule has 3 aromatic carbocycles. The molecule has 0 bridgehead atoms. The summed E-state index contributed by atoms with van der Waals surface area (Å²) in [6.45, 7) is 3.51. The summed E-state index contributed by atoms with van der Waals surface area (Å²) in [5.74, 6) is -2.25. The third-order valence-corrected chi connectivity index (χ3v) is 9.63. The molecule has 0 unspecified atom stereocenters. The van der Waals surface area contributed by atoms with Crippen molar-refractivity contribution in [2.45, 2.75) is 57.5 Å². The lowest BCUT2D eigenvalue weighted by Gasteiger charge is -2.30. The number of anilines is 1. The number of ether oxygens (including phenoxy) is 1. The molecule has 46 heavy (non-hydrogen) atoms. The number of rotatable bonds is 8. The van der Waals surface area contributed by atoms with Crippen LogP contribution in [0.25, 0.3) is 0 Å². The number of nitrogens with zero attached hydrogens (tertiary/aromatic N) is 3. The second-order valence-electron chi connectivity index (χ2n) is 11.9. The molecule has 5 rings (SSSR count). The smallest absolute Gasteiger partial charge is 0.419 e. The van der Waals surface area contributed by atoms with Crippen LogP contribution < -0.4 is 9.64 Å². The number of urea groups is 1. The molecular weight excluding hydrogens is 633 g/mol. The number of sulfonamides is 1. The van der Waals surface area contributed by atoms with Gasteiger partial charge in [-0.05, 0) is 92.3 Å². The fourth-order valence-electron chi connectivity index (χ4n) is 5.66. The van der Waals surface area contributed by atoms with Crippen LogP contribution in [0.2, 0.25) is 0 Å². The fraction of sp³-hybridized carbons (Fsp3) is 0.375. The average Bonchev–Trinajstić information content (AvgIpc) is 3.13. The molecule has 2 aliphatic rings. The third-order valence-electron chi connectivity index (χ3n) is 8.32. The number of benzene rings is 3. The zero-order valence-corrected chi connectivity index (χ0v) is 26.1. The van der Waals surface area contributed by atoms with E-state index in [0.717, 1.165) is 11.6 Å². The molecule has 0 atom stereocenters. The van der Waals surface area contributed by atoms with Crippen LogP contribution in [0.15, 0.2) is 60.7 Å². The molecule has 0 spiro atoms. The molecule has 2 fully saturated rings. The standard InChI is InChI=1S/C32H32F5N3O5S/c1-31(2)29(41)40(24-8-11-28(34)27(18-24)32(35,36)37)30(42)39(31)19-21-6-7-23(33)17-22(21)16-20-4-9-25(10-5-20)45-26-12-14-38(15-13-26)46(3,43)44/h4-11,17-18,26H,12-16,19H2,1-3H3. The Morgan fingerprint density at radius 3 is 2.17 bits per heavy atom. The van der Waals surface area contributed by atoms with E-state index in [2.05, 4.69) is 0 Å². The molecule has 3 aromatic rings. The number of carbonyl (C=O) groups excluding carboxylic acids is 2. The fourth-order valence-corrected chi connectivity index (χ4v) is 6.54. The monoisotopic (exact) mass is 665 g/mol. The number of halogens is 5. The van der Waals surface area contributed by atoms with Crippen LogP contribution in [0.1, 0.15) is 48.9 Å². The van der Waals surface area contributed by atoms with Crippen LogP contribution in [0.5, 0.6) is 5.75 Å². The second kappa shape index (κ2) is 12.3. The summed E-state index contributed by atoms with van der Waals surface area (Å²) in [5, 5.41) is 0. The van der Waals surface area contributed by atoms with E-state index in [1.54, 1.807) is 24.3 Å². The van der Waals surface area contributed by atoms with E-state index in [1.165, 1.54) is 47.5 Å². The summed E-state index contributed by atoms with van der Waals surface area (Å²) in [6.07, 6.45) is -2.63. The van der Waals surface area contributed by atoms with Gasteiger partial charge in [-0.25, -0.2) is 31.2 Å². The lowest BCUT2D eigenvalue weighted by molar-refractivity contribution is -0.140. The first-order chi connectivity index (χ1) is 21.4. The summed E-state index contributed by atoms with van der Waals surface area (Å²) in [5.41, 5.74) is -1.66. The van der Waals surface area contributed by atoms with Crippen molar-refractivity contribution in [3.05, 3.63) is 94.6 Å². The van der Waals surface area contributed by atoms with Gasteiger partial charge in [-0.3, -0.25) is 4.79 Å². The van der Waals surface area contributed by atoms with Gasteiger partial charge in [0.2, 0.25) is 10.0 Å². The highest BCUT2D eigenvalue weighted by molar-refractivity contribution is 7.88. The first-order valence-corrected chi connectivity index (χ1v) is 16.3. The number of imide groups is 1. The quantitative estimate of drug-likeness (QED) is 0.214. The molecule has 2 saturated heterocycles. The van der Waals surface area contributed by atoms with Crippen LogP contribution in [-0.4, -0.2) is 60.5 Å². The molecule has 0 radical (unpaired) electrons. The third kappa shape index (κ3) is 6.87. The number of piperidine rings is 1. The minimum absolute atomic E-state index is 0.141. The van der Waals surface area contributed by atoms with Gasteiger partial charge in [0.15, 0.2) is 0 Å². The molecule has 0 aromatic heterocycles. The van der Waals surface area contributed by atoms with Crippen LogP contribution >= 0.6 is 0 Å². The van der Waals surface area contributed by atoms with E-state index in [-0.39, 0.29) is 19.1 Å². The molecule has 14 heteroatoms. The number of hydrogen-bond donors (Lipinski definition) is 0. The molecule has 246 valence electrons. The maximum absolute atomic E-state index is 14.4. The number of carbonyl (C=O) groups is 2. The van der Waals surface area contributed by atoms with Crippen LogP contribution in [0, 0.1) is 11.6 Å². The highest BCUT2D eigenvalue weighted by atomic mass is 32.2. The van der Waals surface area contributed by atoms with Crippen LogP contribution in [0.4, 0.5) is 32.4 Å². The largest absolute Gasteiger partial charge is 0.490 e. The Morgan fingerprint density at radius 2 is 1.57 bits per heavy atom. The van der Waals surface area contributed by atoms with Gasteiger partial charge in [-0.1, -0.05) is 18.2 Å². The Bertz CT molecular complexity index is 1750. The number of hydrogen-bond acceptors (Lipinski definition) is 5. The summed E-state index contributed by atoms with van der Waals surface area (Å²) in [7, 11) is -3.25. The predicted molar refractivity (Wildman–Crippen MR) is 160 cm³/mol. The van der Waals surface area contributed by atoms with Crippen molar-refractivity contribution < 1.29 is 44.7 Å². The first-order valence-electron chi connectivity index (χ1n) is 14.5. The highest BCUT2D eigenvalue weighted by Gasteiger charge is 2.52. The molecule has 0 saturated carbocycles. The maximum atomic E-state index is 14.4. The van der Waals surface area contributed by atoms with Gasteiger partial charge in [0.1, 0.15) is 29.0 Å². The van der Waals surface area contributed by atoms with Crippen molar-refractivity contribution in [1.29, 1.82) is 0 Å². The van der Waals surface area contributed by atoms with Crippen molar-refractivity contribution in [3.63, 3.8) is 0 Å². The molecule has 3 amide bonds. The number of alkyl halides is 3. The van der Waals surface area contributed by atoms with Gasteiger partial charge in [-0.2, -0.15) is 13.2 Å². The Morgan fingerprint density at radius 1 is 0.913 bits per heavy atom. The van der Waals surface area contributed by atoms with E-state index < -0.39 is 56.6 Å². The summed E-state index contributed by atoms with van der Waals surface area (Å²) in [4.78, 5) is 28.6. The Hall–Kier alpha value is -4.04. The predicted octanol–water partition coefficient (Wildman–Crippen LogP) is 6.12. The van der Waals surface area contributed by atoms with E-state index in [4.69, 9.17) is 4.74 Å². The van der Waals surface area contributed by atoms with Gasteiger partial charge in [-0.15, -0.1) is 0 Å². The zero-order valence-electron chi connectivity index (χ0n) is 25.3. The van der Waals surface area contributed by atoms with E-state index in [0.29, 0.717) is 59.8 Å². The molecule has 2 heterocycles. The normalized spacial score (nSPS) is 18.0. The topological polar surface area (TPSA) is 87.2 Å². The van der Waals surface area contributed by atoms with Crippen molar-refractivity contribution in [2.75, 3.05) is 24.2 Å². The minimum Gasteiger partial charge on any atom is -0.490 e. The van der Waals surface area contributed by atoms with Gasteiger partial charge in [0, 0.05) is 19.6 Å². The van der Waals surface area contributed by atoms with Gasteiger partial charge >= 0.3 is 12.2 Å². The lowest BCUT2D eigenvalue weighted by Crippen LogP contribution is -2.43. The summed E-state index contributed by atoms with van der Waals surface area (Å²) in [6, 6.07) is 12.2. The van der Waals surface area contributed by atoms with Gasteiger partial charge in [0.25, 0.3) is 5.91 Å². The molecular formula is C32H32F5N3O5S. The van der Waals surface area contributed by atoms with Crippen molar-refractivity contribution >= 4 is 27.6 Å². The van der Waals surface area contributed by atoms with Crippen LogP contribution in [-0.2, 0) is 34.0 Å². The molecule has 8 nitrogen and oxygen atoms in total. The lowest BCUT2D eigenvalue weighted by atomic mass is 9.97. The maximum Gasteiger partial charge on any atom is 0.419 e. The zero-order chi connectivity index (χ0) is 33.6. The van der Waals surface area contributed by atoms with E-state index >= 15 is 0 Å². The highest BCUT2D eigenvalue weighted by Crippen LogP contribution is 2.38. The average molecular weight is 666 g/mol. The summed E-state index contributed by atoms with van der Waals surface area (Å²) < 4.78 is 99.4. The van der Waals surface area contributed by atoms with Crippen molar-refractivity contribution in [3.8, 4) is 5.75 Å². The van der Waals surface area contributed by atoms with E-state index in [9.17, 15) is 40.0 Å².